The number of benzene rings is 1. The molecular formula is C18H24N2O5. The highest BCUT2D eigenvalue weighted by Crippen LogP contribution is 2.30. The van der Waals surface area contributed by atoms with Crippen LogP contribution in [0, 0.1) is 0 Å². The summed E-state index contributed by atoms with van der Waals surface area (Å²) in [5.41, 5.74) is 2.09. The van der Waals surface area contributed by atoms with E-state index in [9.17, 15) is 9.59 Å². The van der Waals surface area contributed by atoms with E-state index in [2.05, 4.69) is 5.32 Å². The number of nitrogens with one attached hydrogen (secondary N) is 1. The number of carbonyl (C=O) groups excluding carboxylic acids is 2. The van der Waals surface area contributed by atoms with Crippen LogP contribution in [0.15, 0.2) is 18.2 Å². The largest absolute Gasteiger partial charge is 0.444 e. The lowest BCUT2D eigenvalue weighted by Crippen LogP contribution is -2.39. The molecule has 2 aliphatic rings. The molecule has 2 aliphatic heterocycles. The summed E-state index contributed by atoms with van der Waals surface area (Å²) < 4.78 is 16.1. The number of fused-ring (bicyclic) bond motifs is 1. The topological polar surface area (TPSA) is 77.1 Å². The predicted molar refractivity (Wildman–Crippen MR) is 91.1 cm³/mol. The Kier molecular flexibility index (Phi) is 4.96. The van der Waals surface area contributed by atoms with Gasteiger partial charge in [0.25, 0.3) is 5.91 Å². The van der Waals surface area contributed by atoms with Crippen molar-refractivity contribution in [3.05, 3.63) is 29.3 Å². The standard InChI is InChI=1S/C18H24N2O5/c1-18(2,3)25-17(22)20-9-12-5-4-6-14(13(12)10-20)19-16(21)15-11-23-7-8-24-15/h4-6,15H,7-11H2,1-3H3,(H,19,21). The zero-order valence-corrected chi connectivity index (χ0v) is 14.8. The summed E-state index contributed by atoms with van der Waals surface area (Å²) in [7, 11) is 0. The molecule has 1 aromatic carbocycles. The zero-order chi connectivity index (χ0) is 18.0. The van der Waals surface area contributed by atoms with E-state index in [0.29, 0.717) is 32.0 Å². The average molecular weight is 348 g/mol. The van der Waals surface area contributed by atoms with Gasteiger partial charge >= 0.3 is 6.09 Å². The second kappa shape index (κ2) is 7.01. The van der Waals surface area contributed by atoms with E-state index in [-0.39, 0.29) is 18.6 Å². The fourth-order valence-electron chi connectivity index (χ4n) is 2.85. The summed E-state index contributed by atoms with van der Waals surface area (Å²) in [5.74, 6) is -0.233. The van der Waals surface area contributed by atoms with Gasteiger partial charge in [-0.1, -0.05) is 12.1 Å². The van der Waals surface area contributed by atoms with Crippen LogP contribution in [-0.4, -0.2) is 48.4 Å². The van der Waals surface area contributed by atoms with Crippen molar-refractivity contribution in [1.29, 1.82) is 0 Å². The number of rotatable bonds is 2. The lowest BCUT2D eigenvalue weighted by atomic mass is 10.1. The average Bonchev–Trinajstić information content (AvgIpc) is 2.99. The summed E-state index contributed by atoms with van der Waals surface area (Å²) >= 11 is 0. The Labute approximate surface area is 147 Å². The van der Waals surface area contributed by atoms with Crippen LogP contribution in [0.2, 0.25) is 0 Å². The number of carbonyl (C=O) groups is 2. The van der Waals surface area contributed by atoms with E-state index in [1.807, 2.05) is 39.0 Å². The minimum Gasteiger partial charge on any atom is -0.444 e. The van der Waals surface area contributed by atoms with Gasteiger partial charge in [-0.3, -0.25) is 9.69 Å². The monoisotopic (exact) mass is 348 g/mol. The number of hydrogen-bond donors (Lipinski definition) is 1. The molecule has 3 rings (SSSR count). The first-order valence-electron chi connectivity index (χ1n) is 8.42. The Balaban J connectivity index is 1.69. The number of nitrogens with zero attached hydrogens (tertiary/aromatic N) is 1. The molecule has 0 aliphatic carbocycles. The molecule has 2 heterocycles. The van der Waals surface area contributed by atoms with E-state index >= 15 is 0 Å². The van der Waals surface area contributed by atoms with Crippen LogP contribution in [0.4, 0.5) is 10.5 Å². The van der Waals surface area contributed by atoms with Gasteiger partial charge in [-0.2, -0.15) is 0 Å². The Morgan fingerprint density at radius 3 is 2.72 bits per heavy atom. The van der Waals surface area contributed by atoms with Crippen molar-refractivity contribution in [3.63, 3.8) is 0 Å². The smallest absolute Gasteiger partial charge is 0.410 e. The first-order valence-corrected chi connectivity index (χ1v) is 8.42. The van der Waals surface area contributed by atoms with Crippen LogP contribution in [0.3, 0.4) is 0 Å². The lowest BCUT2D eigenvalue weighted by molar-refractivity contribution is -0.142. The Morgan fingerprint density at radius 2 is 2.04 bits per heavy atom. The van der Waals surface area contributed by atoms with Gasteiger partial charge in [-0.05, 0) is 32.4 Å². The highest BCUT2D eigenvalue weighted by Gasteiger charge is 2.30. The molecule has 25 heavy (non-hydrogen) atoms. The minimum atomic E-state index is -0.604. The molecule has 1 fully saturated rings. The molecule has 1 atom stereocenters. The summed E-state index contributed by atoms with van der Waals surface area (Å²) in [6, 6.07) is 5.65. The Morgan fingerprint density at radius 1 is 1.24 bits per heavy atom. The van der Waals surface area contributed by atoms with Crippen LogP contribution in [0.25, 0.3) is 0 Å². The molecule has 1 saturated heterocycles. The summed E-state index contributed by atoms with van der Waals surface area (Å²) in [4.78, 5) is 26.3. The maximum absolute atomic E-state index is 12.3. The van der Waals surface area contributed by atoms with Crippen molar-refractivity contribution < 1.29 is 23.8 Å². The first kappa shape index (κ1) is 17.7. The molecule has 1 N–H and O–H groups in total. The van der Waals surface area contributed by atoms with Gasteiger partial charge < -0.3 is 19.5 Å². The fourth-order valence-corrected chi connectivity index (χ4v) is 2.85. The highest BCUT2D eigenvalue weighted by molar-refractivity contribution is 5.95. The van der Waals surface area contributed by atoms with E-state index in [4.69, 9.17) is 14.2 Å². The normalized spacial score (nSPS) is 20.1. The van der Waals surface area contributed by atoms with Gasteiger partial charge in [-0.15, -0.1) is 0 Å². The van der Waals surface area contributed by atoms with E-state index in [1.54, 1.807) is 4.90 Å². The molecule has 1 aromatic rings. The maximum Gasteiger partial charge on any atom is 0.410 e. The second-order valence-electron chi connectivity index (χ2n) is 7.20. The van der Waals surface area contributed by atoms with E-state index in [1.165, 1.54) is 0 Å². The van der Waals surface area contributed by atoms with Gasteiger partial charge in [0.05, 0.1) is 26.4 Å². The number of hydrogen-bond acceptors (Lipinski definition) is 5. The molecule has 7 nitrogen and oxygen atoms in total. The summed E-state index contributed by atoms with van der Waals surface area (Å²) in [6.45, 7) is 7.57. The maximum atomic E-state index is 12.3. The van der Waals surface area contributed by atoms with Crippen molar-refractivity contribution in [2.75, 3.05) is 25.1 Å². The van der Waals surface area contributed by atoms with Crippen molar-refractivity contribution in [3.8, 4) is 0 Å². The molecule has 136 valence electrons. The Hall–Kier alpha value is -2.12. The molecule has 0 spiro atoms. The third-order valence-electron chi connectivity index (χ3n) is 4.00. The minimum absolute atomic E-state index is 0.233. The van der Waals surface area contributed by atoms with Crippen molar-refractivity contribution in [2.45, 2.75) is 45.6 Å². The molecule has 0 aromatic heterocycles. The predicted octanol–water partition coefficient (Wildman–Crippen LogP) is 2.29. The van der Waals surface area contributed by atoms with Crippen LogP contribution < -0.4 is 5.32 Å². The molecule has 0 radical (unpaired) electrons. The molecule has 0 saturated carbocycles. The fraction of sp³-hybridized carbons (Fsp3) is 0.556. The SMILES string of the molecule is CC(C)(C)OC(=O)N1Cc2cccc(NC(=O)C3COCCO3)c2C1. The van der Waals surface area contributed by atoms with Crippen LogP contribution >= 0.6 is 0 Å². The van der Waals surface area contributed by atoms with Gasteiger partial charge in [-0.25, -0.2) is 4.79 Å². The van der Waals surface area contributed by atoms with Gasteiger partial charge in [0.2, 0.25) is 0 Å². The second-order valence-corrected chi connectivity index (χ2v) is 7.20. The van der Waals surface area contributed by atoms with Gasteiger partial charge in [0.1, 0.15) is 5.60 Å². The lowest BCUT2D eigenvalue weighted by Gasteiger charge is -2.24. The number of ether oxygens (including phenoxy) is 3. The third-order valence-corrected chi connectivity index (χ3v) is 4.00. The summed E-state index contributed by atoms with van der Waals surface area (Å²) in [6.07, 6.45) is -0.960. The van der Waals surface area contributed by atoms with Crippen LogP contribution in [0.5, 0.6) is 0 Å². The van der Waals surface area contributed by atoms with E-state index in [0.717, 1.165) is 11.1 Å². The van der Waals surface area contributed by atoms with Crippen molar-refractivity contribution in [1.82, 2.24) is 4.90 Å². The van der Waals surface area contributed by atoms with Crippen molar-refractivity contribution in [2.24, 2.45) is 0 Å². The highest BCUT2D eigenvalue weighted by atomic mass is 16.6. The van der Waals surface area contributed by atoms with Gasteiger partial charge in [0.15, 0.2) is 6.10 Å². The molecular weight excluding hydrogens is 324 g/mol. The quantitative estimate of drug-likeness (QED) is 0.887. The molecule has 2 amide bonds. The zero-order valence-electron chi connectivity index (χ0n) is 14.8. The molecule has 1 unspecified atom stereocenters. The number of amides is 2. The van der Waals surface area contributed by atoms with Gasteiger partial charge in [0, 0.05) is 17.8 Å². The van der Waals surface area contributed by atoms with Crippen LogP contribution in [-0.2, 0) is 32.1 Å². The van der Waals surface area contributed by atoms with Crippen molar-refractivity contribution >= 4 is 17.7 Å². The summed E-state index contributed by atoms with van der Waals surface area (Å²) in [5, 5.41) is 2.90. The molecule has 0 bridgehead atoms. The number of anilines is 1. The first-order chi connectivity index (χ1) is 11.8. The third kappa shape index (κ3) is 4.29. The Bertz CT molecular complexity index is 662. The molecule has 7 heteroatoms. The van der Waals surface area contributed by atoms with Crippen LogP contribution in [0.1, 0.15) is 31.9 Å². The van der Waals surface area contributed by atoms with E-state index < -0.39 is 11.7 Å².